The van der Waals surface area contributed by atoms with Crippen LogP contribution in [0, 0.1) is 0 Å². The van der Waals surface area contributed by atoms with Crippen LogP contribution in [0.15, 0.2) is 12.1 Å². The van der Waals surface area contributed by atoms with Crippen molar-refractivity contribution >= 4 is 18.3 Å². The summed E-state index contributed by atoms with van der Waals surface area (Å²) in [6, 6.07) is 3.46. The summed E-state index contributed by atoms with van der Waals surface area (Å²) < 4.78 is 15.7. The van der Waals surface area contributed by atoms with Gasteiger partial charge >= 0.3 is 0 Å². The molecule has 0 fully saturated rings. The topological polar surface area (TPSA) is 68.8 Å². The lowest BCUT2D eigenvalue weighted by Gasteiger charge is -2.16. The Morgan fingerprint density at radius 2 is 1.64 bits per heavy atom. The quantitative estimate of drug-likeness (QED) is 0.760. The van der Waals surface area contributed by atoms with Crippen molar-refractivity contribution in [3.8, 4) is 17.2 Å². The lowest BCUT2D eigenvalue weighted by Crippen LogP contribution is -2.38. The molecule has 0 saturated carbocycles. The van der Waals surface area contributed by atoms with Gasteiger partial charge in [0.1, 0.15) is 5.75 Å². The summed E-state index contributed by atoms with van der Waals surface area (Å²) in [6.45, 7) is 5.42. The van der Waals surface area contributed by atoms with Crippen LogP contribution in [0.1, 0.15) is 24.2 Å². The van der Waals surface area contributed by atoms with Gasteiger partial charge in [-0.2, -0.15) is 0 Å². The minimum atomic E-state index is -0.211. The van der Waals surface area contributed by atoms with Crippen LogP contribution in [-0.4, -0.2) is 46.4 Å². The standard InChI is InChI=1S/C15H24N2O4.ClH/c1-6-16-10(2)9-17-15(18)11-7-13(20-4)14(21-5)8-12(11)19-3;/h7-8,10,16H,6,9H2,1-5H3,(H,17,18);1H/t10-;/m1./s1. The Labute approximate surface area is 137 Å². The van der Waals surface area contributed by atoms with Gasteiger partial charge < -0.3 is 24.8 Å². The monoisotopic (exact) mass is 332 g/mol. The molecule has 22 heavy (non-hydrogen) atoms. The smallest absolute Gasteiger partial charge is 0.255 e. The predicted molar refractivity (Wildman–Crippen MR) is 88.8 cm³/mol. The molecule has 126 valence electrons. The van der Waals surface area contributed by atoms with Gasteiger partial charge in [-0.15, -0.1) is 12.4 Å². The Balaban J connectivity index is 0.00000441. The molecule has 0 radical (unpaired) electrons. The van der Waals surface area contributed by atoms with E-state index in [1.807, 2.05) is 13.8 Å². The van der Waals surface area contributed by atoms with Crippen LogP contribution in [0.25, 0.3) is 0 Å². The van der Waals surface area contributed by atoms with E-state index in [1.54, 1.807) is 12.1 Å². The molecule has 0 spiro atoms. The van der Waals surface area contributed by atoms with Gasteiger partial charge in [-0.3, -0.25) is 4.79 Å². The van der Waals surface area contributed by atoms with Crippen molar-refractivity contribution in [1.29, 1.82) is 0 Å². The summed E-state index contributed by atoms with van der Waals surface area (Å²) in [5.74, 6) is 1.24. The molecular weight excluding hydrogens is 308 g/mol. The Morgan fingerprint density at radius 1 is 1.09 bits per heavy atom. The zero-order chi connectivity index (χ0) is 15.8. The number of nitrogens with one attached hydrogen (secondary N) is 2. The van der Waals surface area contributed by atoms with Gasteiger partial charge in [-0.05, 0) is 13.5 Å². The lowest BCUT2D eigenvalue weighted by atomic mass is 10.1. The van der Waals surface area contributed by atoms with Crippen LogP contribution in [0.3, 0.4) is 0 Å². The molecule has 0 aliphatic rings. The van der Waals surface area contributed by atoms with Gasteiger partial charge in [0, 0.05) is 24.7 Å². The first-order chi connectivity index (χ1) is 10.1. The Hall–Kier alpha value is -1.66. The molecule has 0 aliphatic heterocycles. The molecule has 1 aromatic carbocycles. The van der Waals surface area contributed by atoms with Gasteiger partial charge in [0.05, 0.1) is 26.9 Å². The molecule has 1 aromatic rings. The first-order valence-corrected chi connectivity index (χ1v) is 6.88. The van der Waals surface area contributed by atoms with Crippen LogP contribution in [0.2, 0.25) is 0 Å². The van der Waals surface area contributed by atoms with E-state index in [0.717, 1.165) is 6.54 Å². The third kappa shape index (κ3) is 5.27. The number of carbonyl (C=O) groups excluding carboxylic acids is 1. The second-order valence-corrected chi connectivity index (χ2v) is 4.58. The molecule has 6 nitrogen and oxygen atoms in total. The molecule has 1 amide bonds. The van der Waals surface area contributed by atoms with Crippen LogP contribution >= 0.6 is 12.4 Å². The number of likely N-dealkylation sites (N-methyl/N-ethyl adjacent to an activating group) is 1. The molecule has 1 rings (SSSR count). The van der Waals surface area contributed by atoms with Crippen molar-refractivity contribution in [1.82, 2.24) is 10.6 Å². The van der Waals surface area contributed by atoms with Crippen LogP contribution < -0.4 is 24.8 Å². The molecule has 0 heterocycles. The summed E-state index contributed by atoms with van der Waals surface area (Å²) in [6.07, 6.45) is 0. The minimum Gasteiger partial charge on any atom is -0.496 e. The van der Waals surface area contributed by atoms with Crippen molar-refractivity contribution in [2.45, 2.75) is 19.9 Å². The van der Waals surface area contributed by atoms with Crippen molar-refractivity contribution in [2.75, 3.05) is 34.4 Å². The zero-order valence-corrected chi connectivity index (χ0v) is 14.5. The second kappa shape index (κ2) is 10.1. The Bertz CT molecular complexity index is 483. The molecule has 0 saturated heterocycles. The third-order valence-corrected chi connectivity index (χ3v) is 3.07. The van der Waals surface area contributed by atoms with E-state index in [-0.39, 0.29) is 24.4 Å². The SMILES string of the molecule is CCN[C@H](C)CNC(=O)c1cc(OC)c(OC)cc1OC.Cl. The van der Waals surface area contributed by atoms with Crippen molar-refractivity contribution in [3.05, 3.63) is 17.7 Å². The third-order valence-electron chi connectivity index (χ3n) is 3.07. The zero-order valence-electron chi connectivity index (χ0n) is 13.7. The van der Waals surface area contributed by atoms with E-state index in [2.05, 4.69) is 10.6 Å². The fourth-order valence-corrected chi connectivity index (χ4v) is 1.97. The van der Waals surface area contributed by atoms with E-state index >= 15 is 0 Å². The van der Waals surface area contributed by atoms with Gasteiger partial charge in [0.15, 0.2) is 11.5 Å². The number of rotatable bonds is 8. The van der Waals surface area contributed by atoms with Gasteiger partial charge in [0.25, 0.3) is 5.91 Å². The molecule has 2 N–H and O–H groups in total. The summed E-state index contributed by atoms with van der Waals surface area (Å²) in [5.41, 5.74) is 0.416. The summed E-state index contributed by atoms with van der Waals surface area (Å²) >= 11 is 0. The van der Waals surface area contributed by atoms with Crippen LogP contribution in [-0.2, 0) is 0 Å². The molecule has 7 heteroatoms. The molecule has 0 bridgehead atoms. The number of halogens is 1. The average Bonchev–Trinajstić information content (AvgIpc) is 2.51. The van der Waals surface area contributed by atoms with E-state index < -0.39 is 0 Å². The number of ether oxygens (including phenoxy) is 3. The fourth-order valence-electron chi connectivity index (χ4n) is 1.97. The number of benzene rings is 1. The summed E-state index contributed by atoms with van der Waals surface area (Å²) in [7, 11) is 4.58. The maximum atomic E-state index is 12.3. The van der Waals surface area contributed by atoms with Crippen LogP contribution in [0.5, 0.6) is 17.2 Å². The van der Waals surface area contributed by atoms with Gasteiger partial charge in [-0.25, -0.2) is 0 Å². The second-order valence-electron chi connectivity index (χ2n) is 4.58. The largest absolute Gasteiger partial charge is 0.496 e. The normalized spacial score (nSPS) is 11.1. The van der Waals surface area contributed by atoms with Crippen molar-refractivity contribution < 1.29 is 19.0 Å². The lowest BCUT2D eigenvalue weighted by molar-refractivity contribution is 0.0946. The number of hydrogen-bond donors (Lipinski definition) is 2. The molecule has 0 aromatic heterocycles. The fraction of sp³-hybridized carbons (Fsp3) is 0.533. The molecular formula is C15H25ClN2O4. The number of methoxy groups -OCH3 is 3. The van der Waals surface area contributed by atoms with Crippen LogP contribution in [0.4, 0.5) is 0 Å². The van der Waals surface area contributed by atoms with Crippen molar-refractivity contribution in [3.63, 3.8) is 0 Å². The molecule has 0 aliphatic carbocycles. The van der Waals surface area contributed by atoms with Crippen molar-refractivity contribution in [2.24, 2.45) is 0 Å². The van der Waals surface area contributed by atoms with E-state index in [4.69, 9.17) is 14.2 Å². The number of hydrogen-bond acceptors (Lipinski definition) is 5. The highest BCUT2D eigenvalue weighted by atomic mass is 35.5. The Kier molecular flexibility index (Phi) is 9.37. The molecule has 0 unspecified atom stereocenters. The van der Waals surface area contributed by atoms with E-state index in [9.17, 15) is 4.79 Å². The maximum absolute atomic E-state index is 12.3. The highest BCUT2D eigenvalue weighted by molar-refractivity contribution is 5.97. The maximum Gasteiger partial charge on any atom is 0.255 e. The van der Waals surface area contributed by atoms with Gasteiger partial charge in [-0.1, -0.05) is 6.92 Å². The summed E-state index contributed by atoms with van der Waals surface area (Å²) in [4.78, 5) is 12.3. The number of amides is 1. The minimum absolute atomic E-state index is 0. The van der Waals surface area contributed by atoms with E-state index in [1.165, 1.54) is 21.3 Å². The number of carbonyl (C=O) groups is 1. The highest BCUT2D eigenvalue weighted by Gasteiger charge is 2.17. The molecule has 1 atom stereocenters. The highest BCUT2D eigenvalue weighted by Crippen LogP contribution is 2.34. The predicted octanol–water partition coefficient (Wildman–Crippen LogP) is 1.86. The van der Waals surface area contributed by atoms with Gasteiger partial charge in [0.2, 0.25) is 0 Å². The Morgan fingerprint density at radius 3 is 2.14 bits per heavy atom. The average molecular weight is 333 g/mol. The first-order valence-electron chi connectivity index (χ1n) is 6.88. The summed E-state index contributed by atoms with van der Waals surface area (Å²) in [5, 5.41) is 6.10. The first kappa shape index (κ1) is 20.3. The van der Waals surface area contributed by atoms with E-state index in [0.29, 0.717) is 29.4 Å².